The van der Waals surface area contributed by atoms with Crippen LogP contribution in [0.3, 0.4) is 0 Å². The molecule has 0 aromatic heterocycles. The van der Waals surface area contributed by atoms with Gasteiger partial charge in [0.2, 0.25) is 0 Å². The van der Waals surface area contributed by atoms with Gasteiger partial charge in [0, 0.05) is 6.54 Å². The van der Waals surface area contributed by atoms with Crippen molar-refractivity contribution < 1.29 is 19.9 Å². The van der Waals surface area contributed by atoms with E-state index in [1.165, 1.54) is 0 Å². The first kappa shape index (κ1) is 15.5. The summed E-state index contributed by atoms with van der Waals surface area (Å²) >= 11 is 0. The molecule has 0 bridgehead atoms. The highest BCUT2D eigenvalue weighted by atomic mass is 16.4. The number of carbonyl (C=O) groups is 1. The largest absolute Gasteiger partial charge is 0.481 e. The fourth-order valence-electron chi connectivity index (χ4n) is 2.95. The van der Waals surface area contributed by atoms with E-state index in [1.54, 1.807) is 0 Å². The van der Waals surface area contributed by atoms with Crippen LogP contribution >= 0.6 is 0 Å². The predicted octanol–water partition coefficient (Wildman–Crippen LogP) is 0.672. The van der Waals surface area contributed by atoms with Crippen LogP contribution in [0.4, 0.5) is 0 Å². The number of carboxylic acids is 1. The summed E-state index contributed by atoms with van der Waals surface area (Å²) in [5, 5.41) is 27.1. The van der Waals surface area contributed by atoms with Gasteiger partial charge in [0.25, 0.3) is 0 Å². The molecule has 0 aromatic rings. The van der Waals surface area contributed by atoms with Gasteiger partial charge < -0.3 is 20.1 Å². The molecule has 0 unspecified atom stereocenters. The molecule has 0 atom stereocenters. The first-order valence-electron chi connectivity index (χ1n) is 6.60. The molecule has 0 spiro atoms. The van der Waals surface area contributed by atoms with Crippen LogP contribution in [-0.2, 0) is 4.79 Å². The summed E-state index contributed by atoms with van der Waals surface area (Å²) in [5.41, 5.74) is -0.613. The van der Waals surface area contributed by atoms with Crippen molar-refractivity contribution in [3.8, 4) is 0 Å². The number of aliphatic carboxylic acids is 1. The van der Waals surface area contributed by atoms with Crippen molar-refractivity contribution >= 4 is 13.1 Å². The van der Waals surface area contributed by atoms with Crippen LogP contribution in [0.25, 0.3) is 0 Å². The lowest BCUT2D eigenvalue weighted by Crippen LogP contribution is -2.43. The van der Waals surface area contributed by atoms with Gasteiger partial charge >= 0.3 is 13.1 Å². The number of hydrogen-bond donors (Lipinski definition) is 3. The minimum absolute atomic E-state index is 0.387. The highest BCUT2D eigenvalue weighted by Crippen LogP contribution is 2.41. The molecule has 0 radical (unpaired) electrons. The molecule has 5 nitrogen and oxygen atoms in total. The van der Waals surface area contributed by atoms with Crippen LogP contribution in [0.2, 0.25) is 6.32 Å². The van der Waals surface area contributed by atoms with E-state index >= 15 is 0 Å². The summed E-state index contributed by atoms with van der Waals surface area (Å²) in [4.78, 5) is 13.4. The van der Waals surface area contributed by atoms with Gasteiger partial charge in [-0.05, 0) is 52.0 Å². The SMILES string of the molecule is CN(C)CC1(C(=O)O)CCC(CCB(O)O)CC1. The highest BCUT2D eigenvalue weighted by molar-refractivity contribution is 6.40. The molecule has 0 aliphatic heterocycles. The van der Waals surface area contributed by atoms with Crippen molar-refractivity contribution in [2.75, 3.05) is 20.6 Å². The van der Waals surface area contributed by atoms with Crippen LogP contribution in [0, 0.1) is 11.3 Å². The van der Waals surface area contributed by atoms with Gasteiger partial charge in [0.05, 0.1) is 5.41 Å². The van der Waals surface area contributed by atoms with Crippen molar-refractivity contribution in [2.45, 2.75) is 38.4 Å². The Labute approximate surface area is 109 Å². The Hall–Kier alpha value is -0.585. The predicted molar refractivity (Wildman–Crippen MR) is 70.2 cm³/mol. The van der Waals surface area contributed by atoms with Gasteiger partial charge in [-0.25, -0.2) is 0 Å². The monoisotopic (exact) mass is 257 g/mol. The second kappa shape index (κ2) is 6.54. The summed E-state index contributed by atoms with van der Waals surface area (Å²) in [6.45, 7) is 0.581. The fraction of sp³-hybridized carbons (Fsp3) is 0.917. The van der Waals surface area contributed by atoms with Gasteiger partial charge in [-0.15, -0.1) is 0 Å². The average molecular weight is 257 g/mol. The summed E-state index contributed by atoms with van der Waals surface area (Å²) in [6.07, 6.45) is 4.27. The molecule has 1 fully saturated rings. The number of rotatable bonds is 6. The van der Waals surface area contributed by atoms with E-state index in [0.29, 0.717) is 31.6 Å². The molecule has 0 amide bonds. The number of nitrogens with zero attached hydrogens (tertiary/aromatic N) is 1. The smallest absolute Gasteiger partial charge is 0.451 e. The van der Waals surface area contributed by atoms with Gasteiger partial charge in [-0.2, -0.15) is 0 Å². The fourth-order valence-corrected chi connectivity index (χ4v) is 2.95. The van der Waals surface area contributed by atoms with Gasteiger partial charge in [-0.1, -0.05) is 6.42 Å². The zero-order valence-electron chi connectivity index (χ0n) is 11.3. The van der Waals surface area contributed by atoms with Gasteiger partial charge in [0.1, 0.15) is 0 Å². The molecule has 3 N–H and O–H groups in total. The minimum Gasteiger partial charge on any atom is -0.481 e. The third-order valence-electron chi connectivity index (χ3n) is 3.97. The Balaban J connectivity index is 2.50. The Morgan fingerprint density at radius 2 is 1.89 bits per heavy atom. The quantitative estimate of drug-likeness (QED) is 0.609. The van der Waals surface area contributed by atoms with E-state index < -0.39 is 18.5 Å². The molecule has 1 saturated carbocycles. The summed E-state index contributed by atoms with van der Waals surface area (Å²) < 4.78 is 0. The molecule has 0 heterocycles. The Kier molecular flexibility index (Phi) is 5.62. The van der Waals surface area contributed by atoms with Crippen LogP contribution in [0.5, 0.6) is 0 Å². The number of carboxylic acid groups (broad SMARTS) is 1. The van der Waals surface area contributed by atoms with Gasteiger partial charge in [0.15, 0.2) is 0 Å². The van der Waals surface area contributed by atoms with Crippen LogP contribution < -0.4 is 0 Å². The molecule has 18 heavy (non-hydrogen) atoms. The standard InChI is InChI=1S/C12H24BNO4/c1-14(2)9-12(11(15)16)6-3-10(4-7-12)5-8-13(17)18/h10,17-18H,3-9H2,1-2H3,(H,15,16). The first-order chi connectivity index (χ1) is 8.35. The Morgan fingerprint density at radius 1 is 1.33 bits per heavy atom. The zero-order chi connectivity index (χ0) is 13.8. The summed E-state index contributed by atoms with van der Waals surface area (Å²) in [6, 6.07) is 0. The van der Waals surface area contributed by atoms with Crippen molar-refractivity contribution in [1.29, 1.82) is 0 Å². The van der Waals surface area contributed by atoms with E-state index in [4.69, 9.17) is 10.0 Å². The second-order valence-electron chi connectivity index (χ2n) is 5.82. The van der Waals surface area contributed by atoms with Crippen molar-refractivity contribution in [2.24, 2.45) is 11.3 Å². The van der Waals surface area contributed by atoms with Crippen molar-refractivity contribution in [1.82, 2.24) is 4.90 Å². The number of hydrogen-bond acceptors (Lipinski definition) is 4. The topological polar surface area (TPSA) is 81.0 Å². The van der Waals surface area contributed by atoms with Crippen molar-refractivity contribution in [3.05, 3.63) is 0 Å². The summed E-state index contributed by atoms with van der Waals surface area (Å²) in [5.74, 6) is -0.265. The van der Waals surface area contributed by atoms with Crippen LogP contribution in [-0.4, -0.2) is 53.8 Å². The van der Waals surface area contributed by atoms with E-state index in [0.717, 1.165) is 19.3 Å². The molecule has 1 rings (SSSR count). The minimum atomic E-state index is -1.24. The Morgan fingerprint density at radius 3 is 2.28 bits per heavy atom. The molecule has 104 valence electrons. The lowest BCUT2D eigenvalue weighted by molar-refractivity contribution is -0.152. The van der Waals surface area contributed by atoms with Crippen LogP contribution in [0.15, 0.2) is 0 Å². The molecule has 0 aromatic carbocycles. The second-order valence-corrected chi connectivity index (χ2v) is 5.82. The maximum absolute atomic E-state index is 11.5. The third-order valence-corrected chi connectivity index (χ3v) is 3.97. The third kappa shape index (κ3) is 4.26. The zero-order valence-corrected chi connectivity index (χ0v) is 11.3. The molecule has 1 aliphatic carbocycles. The Bertz CT molecular complexity index is 275. The van der Waals surface area contributed by atoms with Gasteiger partial charge in [-0.3, -0.25) is 4.79 Å². The molecule has 0 saturated heterocycles. The summed E-state index contributed by atoms with van der Waals surface area (Å²) in [7, 11) is 2.57. The normalized spacial score (nSPS) is 28.4. The lowest BCUT2D eigenvalue weighted by atomic mass is 9.67. The molecule has 6 heteroatoms. The maximum atomic E-state index is 11.5. The van der Waals surface area contributed by atoms with E-state index in [9.17, 15) is 9.90 Å². The molecular formula is C12H24BNO4. The van der Waals surface area contributed by atoms with E-state index in [1.807, 2.05) is 19.0 Å². The van der Waals surface area contributed by atoms with E-state index in [2.05, 4.69) is 0 Å². The van der Waals surface area contributed by atoms with Crippen molar-refractivity contribution in [3.63, 3.8) is 0 Å². The molecular weight excluding hydrogens is 233 g/mol. The lowest BCUT2D eigenvalue weighted by Gasteiger charge is -2.38. The molecule has 1 aliphatic rings. The first-order valence-corrected chi connectivity index (χ1v) is 6.60. The van der Waals surface area contributed by atoms with Crippen LogP contribution in [0.1, 0.15) is 32.1 Å². The average Bonchev–Trinajstić information content (AvgIpc) is 2.27. The van der Waals surface area contributed by atoms with E-state index in [-0.39, 0.29) is 0 Å². The maximum Gasteiger partial charge on any atom is 0.451 e. The highest BCUT2D eigenvalue weighted by Gasteiger charge is 2.42.